The van der Waals surface area contributed by atoms with Crippen molar-refractivity contribution in [1.29, 1.82) is 0 Å². The van der Waals surface area contributed by atoms with Gasteiger partial charge in [-0.05, 0) is 50.2 Å². The van der Waals surface area contributed by atoms with E-state index in [1.54, 1.807) is 13.8 Å². The molecule has 0 aliphatic heterocycles. The van der Waals surface area contributed by atoms with Crippen LogP contribution in [-0.2, 0) is 0 Å². The first-order chi connectivity index (χ1) is 13.8. The first-order valence-corrected chi connectivity index (χ1v) is 8.85. The molecular formula is C21H19F2N3O3. The van der Waals surface area contributed by atoms with E-state index in [0.717, 1.165) is 6.07 Å². The number of nitrogens with zero attached hydrogens (tertiary/aromatic N) is 3. The molecule has 29 heavy (non-hydrogen) atoms. The summed E-state index contributed by atoms with van der Waals surface area (Å²) in [6.07, 6.45) is 1.39. The van der Waals surface area contributed by atoms with Gasteiger partial charge in [0, 0.05) is 30.1 Å². The second-order valence-electron chi connectivity index (χ2n) is 6.54. The first-order valence-electron chi connectivity index (χ1n) is 8.85. The molecule has 3 rings (SSSR count). The lowest BCUT2D eigenvalue weighted by molar-refractivity contribution is 0.0972. The molecule has 2 aromatic carbocycles. The largest absolute Gasteiger partial charge is 0.494 e. The minimum absolute atomic E-state index is 0.0430. The van der Waals surface area contributed by atoms with Gasteiger partial charge in [-0.1, -0.05) is 0 Å². The number of methoxy groups -OCH3 is 1. The Labute approximate surface area is 166 Å². The molecule has 0 atom stereocenters. The zero-order valence-corrected chi connectivity index (χ0v) is 16.1. The Morgan fingerprint density at radius 3 is 2.38 bits per heavy atom. The van der Waals surface area contributed by atoms with Crippen LogP contribution < -0.4 is 15.1 Å². The van der Waals surface area contributed by atoms with Crippen molar-refractivity contribution in [1.82, 2.24) is 9.78 Å². The van der Waals surface area contributed by atoms with E-state index in [9.17, 15) is 18.4 Å². The minimum atomic E-state index is -0.675. The number of hydrogen-bond donors (Lipinski definition) is 0. The van der Waals surface area contributed by atoms with Crippen LogP contribution in [0.1, 0.15) is 24.3 Å². The number of rotatable bonds is 5. The fourth-order valence-electron chi connectivity index (χ4n) is 2.86. The predicted molar refractivity (Wildman–Crippen MR) is 105 cm³/mol. The number of halogens is 2. The summed E-state index contributed by atoms with van der Waals surface area (Å²) in [4.78, 5) is 26.8. The van der Waals surface area contributed by atoms with Gasteiger partial charge < -0.3 is 9.64 Å². The number of carbonyl (C=O) groups excluding carboxylic acids is 1. The van der Waals surface area contributed by atoms with E-state index in [4.69, 9.17) is 4.74 Å². The van der Waals surface area contributed by atoms with Crippen molar-refractivity contribution >= 4 is 11.6 Å². The van der Waals surface area contributed by atoms with E-state index in [0.29, 0.717) is 5.69 Å². The van der Waals surface area contributed by atoms with Gasteiger partial charge in [-0.15, -0.1) is 0 Å². The van der Waals surface area contributed by atoms with Crippen molar-refractivity contribution in [3.63, 3.8) is 0 Å². The van der Waals surface area contributed by atoms with Crippen LogP contribution in [0, 0.1) is 11.6 Å². The van der Waals surface area contributed by atoms with Crippen LogP contribution in [0.25, 0.3) is 5.69 Å². The molecule has 1 aromatic heterocycles. The number of hydrogen-bond acceptors (Lipinski definition) is 4. The van der Waals surface area contributed by atoms with E-state index in [-0.39, 0.29) is 23.2 Å². The molecule has 1 amide bonds. The molecule has 150 valence electrons. The molecule has 0 bridgehead atoms. The molecule has 0 aliphatic carbocycles. The van der Waals surface area contributed by atoms with E-state index in [2.05, 4.69) is 5.10 Å². The molecule has 0 aliphatic rings. The number of carbonyl (C=O) groups is 1. The number of aromatic nitrogens is 2. The molecule has 0 spiro atoms. The Kier molecular flexibility index (Phi) is 5.72. The van der Waals surface area contributed by atoms with Gasteiger partial charge in [0.25, 0.3) is 5.91 Å². The third-order valence-corrected chi connectivity index (χ3v) is 4.25. The van der Waals surface area contributed by atoms with Crippen molar-refractivity contribution in [2.24, 2.45) is 0 Å². The molecule has 6 nitrogen and oxygen atoms in total. The molecule has 0 saturated heterocycles. The molecule has 3 aromatic rings. The lowest BCUT2D eigenvalue weighted by Gasteiger charge is -2.26. The molecule has 0 radical (unpaired) electrons. The predicted octanol–water partition coefficient (Wildman–Crippen LogP) is 3.57. The normalized spacial score (nSPS) is 10.8. The Bertz CT molecular complexity index is 1100. The number of benzene rings is 2. The molecule has 0 fully saturated rings. The number of anilines is 1. The van der Waals surface area contributed by atoms with Crippen LogP contribution in [0.5, 0.6) is 5.75 Å². The van der Waals surface area contributed by atoms with Gasteiger partial charge in [-0.3, -0.25) is 9.59 Å². The van der Waals surface area contributed by atoms with Gasteiger partial charge in [0.15, 0.2) is 17.3 Å². The summed E-state index contributed by atoms with van der Waals surface area (Å²) in [6.45, 7) is 3.48. The summed E-state index contributed by atoms with van der Waals surface area (Å²) in [5, 5.41) is 4.13. The van der Waals surface area contributed by atoms with Crippen LogP contribution in [0.15, 0.2) is 59.5 Å². The Morgan fingerprint density at radius 2 is 1.79 bits per heavy atom. The molecule has 0 saturated carbocycles. The van der Waals surface area contributed by atoms with E-state index >= 15 is 0 Å². The fraction of sp³-hybridized carbons (Fsp3) is 0.190. The Balaban J connectivity index is 2.04. The average Bonchev–Trinajstić information content (AvgIpc) is 2.69. The summed E-state index contributed by atoms with van der Waals surface area (Å²) in [6, 6.07) is 10.4. The standard InChI is InChI=1S/C21H19F2N3O3/c1-13(2)26(16-8-9-19(29-3)17(23)12-16)21(28)20-18(27)10-11-25(24-20)15-6-4-14(22)5-7-15/h4-13H,1-3H3. The van der Waals surface area contributed by atoms with Crippen LogP contribution in [0.4, 0.5) is 14.5 Å². The molecule has 0 N–H and O–H groups in total. The lowest BCUT2D eigenvalue weighted by atomic mass is 10.2. The molecule has 8 heteroatoms. The van der Waals surface area contributed by atoms with E-state index < -0.39 is 23.0 Å². The van der Waals surface area contributed by atoms with Gasteiger partial charge in [-0.25, -0.2) is 13.5 Å². The Hall–Kier alpha value is -3.55. The van der Waals surface area contributed by atoms with Crippen LogP contribution in [0.2, 0.25) is 0 Å². The summed E-state index contributed by atoms with van der Waals surface area (Å²) in [7, 11) is 1.34. The zero-order valence-electron chi connectivity index (χ0n) is 16.1. The fourth-order valence-corrected chi connectivity index (χ4v) is 2.86. The van der Waals surface area contributed by atoms with Gasteiger partial charge in [0.1, 0.15) is 5.82 Å². The highest BCUT2D eigenvalue weighted by molar-refractivity contribution is 6.05. The molecule has 0 unspecified atom stereocenters. The van der Waals surface area contributed by atoms with Gasteiger partial charge in [-0.2, -0.15) is 5.10 Å². The number of amides is 1. The van der Waals surface area contributed by atoms with Crippen LogP contribution in [-0.4, -0.2) is 28.8 Å². The maximum atomic E-state index is 14.2. The zero-order chi connectivity index (χ0) is 21.1. The van der Waals surface area contributed by atoms with Crippen molar-refractivity contribution in [2.75, 3.05) is 12.0 Å². The summed E-state index contributed by atoms with van der Waals surface area (Å²) >= 11 is 0. The SMILES string of the molecule is COc1ccc(N(C(=O)c2nn(-c3ccc(F)cc3)ccc2=O)C(C)C)cc1F. The topological polar surface area (TPSA) is 64.4 Å². The average molecular weight is 399 g/mol. The van der Waals surface area contributed by atoms with Gasteiger partial charge in [0.2, 0.25) is 5.43 Å². The second kappa shape index (κ2) is 8.22. The summed E-state index contributed by atoms with van der Waals surface area (Å²) in [5.74, 6) is -1.68. The highest BCUT2D eigenvalue weighted by atomic mass is 19.1. The van der Waals surface area contributed by atoms with Crippen LogP contribution >= 0.6 is 0 Å². The van der Waals surface area contributed by atoms with Crippen LogP contribution in [0.3, 0.4) is 0 Å². The Morgan fingerprint density at radius 1 is 1.10 bits per heavy atom. The summed E-state index contributed by atoms with van der Waals surface area (Å²) < 4.78 is 33.5. The van der Waals surface area contributed by atoms with Crippen molar-refractivity contribution in [3.8, 4) is 11.4 Å². The molecular weight excluding hydrogens is 380 g/mol. The van der Waals surface area contributed by atoms with Gasteiger partial charge >= 0.3 is 0 Å². The van der Waals surface area contributed by atoms with Crippen molar-refractivity contribution < 1.29 is 18.3 Å². The highest BCUT2D eigenvalue weighted by Crippen LogP contribution is 2.25. The van der Waals surface area contributed by atoms with E-state index in [1.807, 2.05) is 0 Å². The smallest absolute Gasteiger partial charge is 0.283 e. The monoisotopic (exact) mass is 399 g/mol. The van der Waals surface area contributed by atoms with Crippen molar-refractivity contribution in [2.45, 2.75) is 19.9 Å². The minimum Gasteiger partial charge on any atom is -0.494 e. The first kappa shape index (κ1) is 20.2. The highest BCUT2D eigenvalue weighted by Gasteiger charge is 2.25. The third-order valence-electron chi connectivity index (χ3n) is 4.25. The van der Waals surface area contributed by atoms with Crippen molar-refractivity contribution in [3.05, 3.63) is 82.3 Å². The van der Waals surface area contributed by atoms with Gasteiger partial charge in [0.05, 0.1) is 12.8 Å². The lowest BCUT2D eigenvalue weighted by Crippen LogP contribution is -2.40. The third kappa shape index (κ3) is 4.16. The van der Waals surface area contributed by atoms with E-state index in [1.165, 1.54) is 65.4 Å². The maximum Gasteiger partial charge on any atom is 0.283 e. The second-order valence-corrected chi connectivity index (χ2v) is 6.54. The summed E-state index contributed by atoms with van der Waals surface area (Å²) in [5.41, 5.74) is -0.163. The maximum absolute atomic E-state index is 14.2. The number of ether oxygens (including phenoxy) is 1. The quantitative estimate of drug-likeness (QED) is 0.658. The molecule has 1 heterocycles.